The smallest absolute Gasteiger partial charge is 0.338 e. The Morgan fingerprint density at radius 2 is 1.25 bits per heavy atom. The van der Waals surface area contributed by atoms with Crippen LogP contribution in [0.2, 0.25) is 0 Å². The summed E-state index contributed by atoms with van der Waals surface area (Å²) in [6, 6.07) is 33.6. The number of nitrogens with one attached hydrogen (secondary N) is 1. The lowest BCUT2D eigenvalue weighted by Gasteiger charge is -2.34. The summed E-state index contributed by atoms with van der Waals surface area (Å²) in [6.45, 7) is 1.18. The highest BCUT2D eigenvalue weighted by Gasteiger charge is 2.60. The van der Waals surface area contributed by atoms with E-state index in [2.05, 4.69) is 20.3 Å². The van der Waals surface area contributed by atoms with Crippen molar-refractivity contribution >= 4 is 40.8 Å². The molecule has 3 heterocycles. The van der Waals surface area contributed by atoms with Crippen LogP contribution in [0.5, 0.6) is 0 Å². The molecule has 0 aliphatic carbocycles. The average Bonchev–Trinajstić information content (AvgIpc) is 3.73. The second-order valence-electron chi connectivity index (χ2n) is 12.0. The van der Waals surface area contributed by atoms with E-state index in [1.54, 1.807) is 128 Å². The summed E-state index contributed by atoms with van der Waals surface area (Å²) in [5.41, 5.74) is -0.169. The van der Waals surface area contributed by atoms with Crippen LogP contribution in [0, 0.1) is 0 Å². The van der Waals surface area contributed by atoms with Crippen LogP contribution in [-0.2, 0) is 18.9 Å². The fraction of sp³-hybridized carbons (Fsp3) is 0.154. The lowest BCUT2D eigenvalue weighted by molar-refractivity contribution is -0.108. The van der Waals surface area contributed by atoms with Crippen molar-refractivity contribution in [2.24, 2.45) is 0 Å². The first-order chi connectivity index (χ1) is 25.3. The molecule has 1 N–H and O–H groups in total. The van der Waals surface area contributed by atoms with Gasteiger partial charge in [-0.05, 0) is 55.5 Å². The Labute approximate surface area is 297 Å². The number of carbonyl (C=O) groups is 4. The number of imidazole rings is 1. The molecule has 1 aliphatic rings. The number of amides is 1. The number of hydrogen-bond acceptors (Lipinski definition) is 11. The molecular formula is C39H31N5O8. The number of carbonyl (C=O) groups excluding carboxylic acids is 4. The maximum Gasteiger partial charge on any atom is 0.338 e. The molecule has 52 heavy (non-hydrogen) atoms. The van der Waals surface area contributed by atoms with Crippen molar-refractivity contribution in [1.29, 1.82) is 0 Å². The van der Waals surface area contributed by atoms with Crippen molar-refractivity contribution in [2.45, 2.75) is 31.0 Å². The lowest BCUT2D eigenvalue weighted by Crippen LogP contribution is -2.50. The monoisotopic (exact) mass is 697 g/mol. The Hall–Kier alpha value is -6.73. The molecule has 2 aromatic heterocycles. The Morgan fingerprint density at radius 1 is 0.712 bits per heavy atom. The fourth-order valence-electron chi connectivity index (χ4n) is 5.94. The number of esters is 3. The van der Waals surface area contributed by atoms with E-state index in [1.807, 2.05) is 0 Å². The summed E-state index contributed by atoms with van der Waals surface area (Å²) in [5, 5.41) is 2.77. The molecule has 7 rings (SSSR count). The molecule has 0 saturated carbocycles. The van der Waals surface area contributed by atoms with Gasteiger partial charge >= 0.3 is 17.9 Å². The average molecular weight is 698 g/mol. The van der Waals surface area contributed by atoms with Crippen LogP contribution >= 0.6 is 0 Å². The predicted octanol–water partition coefficient (Wildman–Crippen LogP) is 5.67. The molecule has 1 fully saturated rings. The van der Waals surface area contributed by atoms with Crippen LogP contribution in [-0.4, -0.2) is 67.7 Å². The highest BCUT2D eigenvalue weighted by molar-refractivity contribution is 6.06. The third-order valence-corrected chi connectivity index (χ3v) is 8.53. The quantitative estimate of drug-likeness (QED) is 0.139. The largest absolute Gasteiger partial charge is 0.459 e. The number of hydrogen-bond donors (Lipinski definition) is 1. The zero-order valence-corrected chi connectivity index (χ0v) is 27.7. The van der Waals surface area contributed by atoms with Gasteiger partial charge in [0, 0.05) is 5.56 Å². The zero-order chi connectivity index (χ0) is 36.1. The van der Waals surface area contributed by atoms with Crippen LogP contribution in [0.1, 0.15) is 54.6 Å². The summed E-state index contributed by atoms with van der Waals surface area (Å²) in [7, 11) is 0. The second kappa shape index (κ2) is 14.6. The Balaban J connectivity index is 1.28. The van der Waals surface area contributed by atoms with Gasteiger partial charge in [0.1, 0.15) is 19.0 Å². The standard InChI is InChI=1S/C39H31N5O8/c1-39(52-37(48)28-20-12-5-13-21-28)31(51-36(47)27-18-10-4-11-19-27)29(22-49-35(46)26-16-8-3-9-17-26)50-38(39)44-24-42-30-32(40-23-41-33(30)44)43-34(45)25-14-6-2-7-15-25/h2-21,23-24,29,31,38H,22H2,1H3,(H,40,41,43,45)/t29-,31-,38-,39-/m1/s1. The summed E-state index contributed by atoms with van der Waals surface area (Å²) in [6.07, 6.45) is -1.07. The Kier molecular flexibility index (Phi) is 9.50. The summed E-state index contributed by atoms with van der Waals surface area (Å²) < 4.78 is 26.1. The van der Waals surface area contributed by atoms with E-state index in [0.717, 1.165) is 0 Å². The molecule has 4 aromatic carbocycles. The first-order valence-corrected chi connectivity index (χ1v) is 16.3. The van der Waals surface area contributed by atoms with Gasteiger partial charge in [-0.2, -0.15) is 0 Å². The predicted molar refractivity (Wildman–Crippen MR) is 186 cm³/mol. The molecule has 260 valence electrons. The van der Waals surface area contributed by atoms with E-state index >= 15 is 0 Å². The van der Waals surface area contributed by atoms with Crippen molar-refractivity contribution in [3.05, 3.63) is 156 Å². The topological polar surface area (TPSA) is 161 Å². The minimum absolute atomic E-state index is 0.124. The highest BCUT2D eigenvalue weighted by Crippen LogP contribution is 2.45. The lowest BCUT2D eigenvalue weighted by atomic mass is 9.95. The molecule has 1 saturated heterocycles. The Morgan fingerprint density at radius 3 is 1.85 bits per heavy atom. The van der Waals surface area contributed by atoms with Gasteiger partial charge in [0.05, 0.1) is 23.0 Å². The number of anilines is 1. The van der Waals surface area contributed by atoms with Gasteiger partial charge in [0.25, 0.3) is 5.91 Å². The molecule has 13 heteroatoms. The van der Waals surface area contributed by atoms with E-state index in [1.165, 1.54) is 17.2 Å². The van der Waals surface area contributed by atoms with Crippen LogP contribution in [0.4, 0.5) is 5.82 Å². The number of benzene rings is 4. The van der Waals surface area contributed by atoms with E-state index in [4.69, 9.17) is 18.9 Å². The molecule has 0 spiro atoms. The number of rotatable bonds is 10. The minimum Gasteiger partial charge on any atom is -0.459 e. The van der Waals surface area contributed by atoms with Gasteiger partial charge in [-0.1, -0.05) is 72.8 Å². The highest BCUT2D eigenvalue weighted by atomic mass is 16.7. The number of ether oxygens (including phenoxy) is 4. The number of nitrogens with zero attached hydrogens (tertiary/aromatic N) is 4. The van der Waals surface area contributed by atoms with E-state index in [9.17, 15) is 19.2 Å². The molecule has 0 unspecified atom stereocenters. The van der Waals surface area contributed by atoms with Gasteiger partial charge in [-0.3, -0.25) is 9.36 Å². The second-order valence-corrected chi connectivity index (χ2v) is 12.0. The molecule has 1 aliphatic heterocycles. The van der Waals surface area contributed by atoms with Crippen LogP contribution in [0.15, 0.2) is 134 Å². The van der Waals surface area contributed by atoms with Crippen LogP contribution in [0.25, 0.3) is 11.2 Å². The van der Waals surface area contributed by atoms with E-state index < -0.39 is 47.9 Å². The van der Waals surface area contributed by atoms with Gasteiger partial charge in [0.15, 0.2) is 34.9 Å². The first kappa shape index (κ1) is 33.8. The summed E-state index contributed by atoms with van der Waals surface area (Å²) >= 11 is 0. The first-order valence-electron chi connectivity index (χ1n) is 16.3. The molecule has 4 atom stereocenters. The van der Waals surface area contributed by atoms with Gasteiger partial charge in [-0.25, -0.2) is 29.3 Å². The van der Waals surface area contributed by atoms with E-state index in [0.29, 0.717) is 11.1 Å². The maximum atomic E-state index is 13.8. The van der Waals surface area contributed by atoms with Crippen LogP contribution in [0.3, 0.4) is 0 Å². The molecule has 13 nitrogen and oxygen atoms in total. The Bertz CT molecular complexity index is 2220. The normalized spacial score (nSPS) is 19.4. The van der Waals surface area contributed by atoms with Crippen molar-refractivity contribution < 1.29 is 38.1 Å². The summed E-state index contributed by atoms with van der Waals surface area (Å²) in [5.74, 6) is -2.38. The third kappa shape index (κ3) is 6.85. The maximum absolute atomic E-state index is 13.8. The van der Waals surface area contributed by atoms with Crippen molar-refractivity contribution in [1.82, 2.24) is 19.5 Å². The van der Waals surface area contributed by atoms with Gasteiger partial charge in [-0.15, -0.1) is 0 Å². The minimum atomic E-state index is -1.77. The number of fused-ring (bicyclic) bond motifs is 1. The molecule has 1 amide bonds. The zero-order valence-electron chi connectivity index (χ0n) is 27.7. The van der Waals surface area contributed by atoms with Gasteiger partial charge in [0.2, 0.25) is 0 Å². The molecule has 0 bridgehead atoms. The summed E-state index contributed by atoms with van der Waals surface area (Å²) in [4.78, 5) is 66.6. The van der Waals surface area contributed by atoms with E-state index in [-0.39, 0.29) is 34.7 Å². The number of aromatic nitrogens is 4. The van der Waals surface area contributed by atoms with Crippen molar-refractivity contribution in [3.8, 4) is 0 Å². The molecular weight excluding hydrogens is 666 g/mol. The fourth-order valence-corrected chi connectivity index (χ4v) is 5.94. The van der Waals surface area contributed by atoms with Gasteiger partial charge < -0.3 is 24.3 Å². The third-order valence-electron chi connectivity index (χ3n) is 8.53. The molecule has 6 aromatic rings. The van der Waals surface area contributed by atoms with Crippen LogP contribution < -0.4 is 5.32 Å². The van der Waals surface area contributed by atoms with Crippen molar-refractivity contribution in [3.63, 3.8) is 0 Å². The SMILES string of the molecule is C[C@@]1(OC(=O)c2ccccc2)[C@H](OC(=O)c2ccccc2)[C@@H](COC(=O)c2ccccc2)O[C@H]1n1cnc2c(NC(=O)c3ccccc3)ncnc21. The van der Waals surface area contributed by atoms with Crippen molar-refractivity contribution in [2.75, 3.05) is 11.9 Å². The molecule has 0 radical (unpaired) electrons.